The Morgan fingerprint density at radius 1 is 1.19 bits per heavy atom. The van der Waals surface area contributed by atoms with Crippen molar-refractivity contribution in [2.75, 3.05) is 19.7 Å². The lowest BCUT2D eigenvalue weighted by atomic mass is 9.72. The molecular weight excluding hydrogens is 483 g/mol. The molecular formula is C28H30ClFN2O4. The van der Waals surface area contributed by atoms with Gasteiger partial charge in [0.1, 0.15) is 11.6 Å². The Labute approximate surface area is 215 Å². The molecule has 1 aliphatic carbocycles. The summed E-state index contributed by atoms with van der Waals surface area (Å²) >= 11 is 6.67. The number of amides is 1. The van der Waals surface area contributed by atoms with Crippen molar-refractivity contribution >= 4 is 29.2 Å². The van der Waals surface area contributed by atoms with E-state index in [9.17, 15) is 19.1 Å². The van der Waals surface area contributed by atoms with Crippen LogP contribution in [-0.4, -0.2) is 47.3 Å². The highest BCUT2D eigenvalue weighted by atomic mass is 35.5. The molecule has 6 nitrogen and oxygen atoms in total. The molecule has 8 heteroatoms. The second-order valence-corrected chi connectivity index (χ2v) is 10.7. The quantitative estimate of drug-likeness (QED) is 0.521. The van der Waals surface area contributed by atoms with E-state index in [4.69, 9.17) is 16.3 Å². The molecule has 0 aromatic heterocycles. The van der Waals surface area contributed by atoms with Crippen molar-refractivity contribution in [3.8, 4) is 16.9 Å². The number of benzene rings is 2. The molecule has 1 N–H and O–H groups in total. The average molecular weight is 513 g/mol. The summed E-state index contributed by atoms with van der Waals surface area (Å²) in [7, 11) is 0. The molecule has 3 aliphatic rings. The molecule has 1 saturated carbocycles. The lowest BCUT2D eigenvalue weighted by Crippen LogP contribution is -2.58. The fraction of sp³-hybridized carbons (Fsp3) is 0.464. The second-order valence-electron chi connectivity index (χ2n) is 10.3. The smallest absolute Gasteiger partial charge is 0.306 e. The Kier molecular flexibility index (Phi) is 6.88. The molecule has 0 radical (unpaired) electrons. The number of hydrogen-bond acceptors (Lipinski definition) is 4. The molecule has 0 atom stereocenters. The monoisotopic (exact) mass is 512 g/mol. The van der Waals surface area contributed by atoms with E-state index in [1.807, 2.05) is 19.1 Å². The minimum absolute atomic E-state index is 0.0335. The first-order chi connectivity index (χ1) is 17.3. The number of carbonyl (C=O) groups is 2. The maximum atomic E-state index is 13.4. The third-order valence-corrected chi connectivity index (χ3v) is 8.07. The molecule has 1 amide bonds. The van der Waals surface area contributed by atoms with Crippen LogP contribution in [0.25, 0.3) is 11.1 Å². The number of ether oxygens (including phenoxy) is 1. The van der Waals surface area contributed by atoms with Gasteiger partial charge in [-0.1, -0.05) is 23.7 Å². The molecule has 190 valence electrons. The van der Waals surface area contributed by atoms with Gasteiger partial charge in [-0.25, -0.2) is 9.38 Å². The van der Waals surface area contributed by atoms with Crippen molar-refractivity contribution in [1.82, 2.24) is 4.90 Å². The molecule has 1 saturated heterocycles. The van der Waals surface area contributed by atoms with Crippen LogP contribution in [0.2, 0.25) is 5.02 Å². The fourth-order valence-electron chi connectivity index (χ4n) is 5.94. The predicted octanol–water partition coefficient (Wildman–Crippen LogP) is 5.61. The number of carboxylic acids is 1. The van der Waals surface area contributed by atoms with Crippen molar-refractivity contribution in [3.63, 3.8) is 0 Å². The summed E-state index contributed by atoms with van der Waals surface area (Å²) in [5.74, 6) is -0.449. The van der Waals surface area contributed by atoms with Crippen LogP contribution in [-0.2, 0) is 16.1 Å². The number of aliphatic imine (C=N–C) groups is 1. The zero-order chi connectivity index (χ0) is 25.4. The third-order valence-electron chi connectivity index (χ3n) is 7.77. The molecule has 1 spiro atoms. The first-order valence-electron chi connectivity index (χ1n) is 12.6. The fourth-order valence-corrected chi connectivity index (χ4v) is 6.28. The number of rotatable bonds is 7. The standard InChI is InChI=1S/C28H30ClFN2O4/c1-2-36-24-12-17(11-22(29)25(24)19-7-9-21(30)10-8-19)14-32-15-28(16-32)13-23(31-27(28)35)18-3-5-20(6-4-18)26(33)34/h7-12,18,20H,2-6,13-16H2,1H3,(H,33,34). The number of aliphatic carboxylic acids is 1. The van der Waals surface area contributed by atoms with E-state index in [-0.39, 0.29) is 23.6 Å². The zero-order valence-electron chi connectivity index (χ0n) is 20.3. The van der Waals surface area contributed by atoms with Gasteiger partial charge in [-0.2, -0.15) is 0 Å². The van der Waals surface area contributed by atoms with E-state index in [1.54, 1.807) is 12.1 Å². The summed E-state index contributed by atoms with van der Waals surface area (Å²) in [6.07, 6.45) is 3.58. The van der Waals surface area contributed by atoms with E-state index in [0.717, 1.165) is 35.2 Å². The van der Waals surface area contributed by atoms with Gasteiger partial charge < -0.3 is 9.84 Å². The Bertz CT molecular complexity index is 1200. The number of hydrogen-bond donors (Lipinski definition) is 1. The van der Waals surface area contributed by atoms with Crippen molar-refractivity contribution in [1.29, 1.82) is 0 Å². The Hall–Kier alpha value is -2.77. The van der Waals surface area contributed by atoms with E-state index >= 15 is 0 Å². The summed E-state index contributed by atoms with van der Waals surface area (Å²) in [6, 6.07) is 10.1. The number of nitrogens with zero attached hydrogens (tertiary/aromatic N) is 2. The zero-order valence-corrected chi connectivity index (χ0v) is 21.1. The van der Waals surface area contributed by atoms with E-state index < -0.39 is 11.4 Å². The second kappa shape index (κ2) is 9.94. The first kappa shape index (κ1) is 24.9. The molecule has 0 bridgehead atoms. The topological polar surface area (TPSA) is 79.2 Å². The van der Waals surface area contributed by atoms with Crippen LogP contribution < -0.4 is 4.74 Å². The SMILES string of the molecule is CCOc1cc(CN2CC3(CC(C4CCC(C(=O)O)CC4)=NC3=O)C2)cc(Cl)c1-c1ccc(F)cc1. The van der Waals surface area contributed by atoms with Crippen LogP contribution in [0.1, 0.15) is 44.6 Å². The molecule has 2 heterocycles. The lowest BCUT2D eigenvalue weighted by Gasteiger charge is -2.46. The Morgan fingerprint density at radius 3 is 2.53 bits per heavy atom. The van der Waals surface area contributed by atoms with Gasteiger partial charge in [0.15, 0.2) is 0 Å². The molecule has 2 aromatic carbocycles. The largest absolute Gasteiger partial charge is 0.493 e. The van der Waals surface area contributed by atoms with Gasteiger partial charge in [0.25, 0.3) is 5.91 Å². The van der Waals surface area contributed by atoms with Crippen LogP contribution >= 0.6 is 11.6 Å². The van der Waals surface area contributed by atoms with E-state index in [0.29, 0.717) is 56.3 Å². The lowest BCUT2D eigenvalue weighted by molar-refractivity contribution is -0.143. The van der Waals surface area contributed by atoms with E-state index in [1.165, 1.54) is 12.1 Å². The maximum Gasteiger partial charge on any atom is 0.306 e. The highest BCUT2D eigenvalue weighted by Crippen LogP contribution is 2.45. The average Bonchev–Trinajstić information content (AvgIpc) is 3.17. The molecule has 36 heavy (non-hydrogen) atoms. The normalized spacial score (nSPS) is 23.4. The Morgan fingerprint density at radius 2 is 1.89 bits per heavy atom. The summed E-state index contributed by atoms with van der Waals surface area (Å²) in [4.78, 5) is 30.7. The number of likely N-dealkylation sites (tertiary alicyclic amines) is 1. The molecule has 5 rings (SSSR count). The van der Waals surface area contributed by atoms with Gasteiger partial charge in [-0.3, -0.25) is 14.5 Å². The summed E-state index contributed by atoms with van der Waals surface area (Å²) in [5, 5.41) is 9.78. The van der Waals surface area contributed by atoms with Gasteiger partial charge in [-0.15, -0.1) is 0 Å². The first-order valence-corrected chi connectivity index (χ1v) is 12.9. The van der Waals surface area contributed by atoms with Crippen molar-refractivity contribution in [3.05, 3.63) is 52.8 Å². The third kappa shape index (κ3) is 4.78. The van der Waals surface area contributed by atoms with Crippen molar-refractivity contribution in [2.24, 2.45) is 22.2 Å². The van der Waals surface area contributed by atoms with Gasteiger partial charge in [0.05, 0.1) is 23.0 Å². The van der Waals surface area contributed by atoms with Crippen LogP contribution in [0.4, 0.5) is 4.39 Å². The van der Waals surface area contributed by atoms with Crippen LogP contribution in [0.5, 0.6) is 5.75 Å². The number of carboxylic acid groups (broad SMARTS) is 1. The molecule has 2 aliphatic heterocycles. The Balaban J connectivity index is 1.24. The minimum atomic E-state index is -0.720. The van der Waals surface area contributed by atoms with Crippen LogP contribution in [0.3, 0.4) is 0 Å². The summed E-state index contributed by atoms with van der Waals surface area (Å²) in [5.41, 5.74) is 3.04. The molecule has 2 fully saturated rings. The highest BCUT2D eigenvalue weighted by molar-refractivity contribution is 6.33. The van der Waals surface area contributed by atoms with Crippen LogP contribution in [0, 0.1) is 23.1 Å². The van der Waals surface area contributed by atoms with Gasteiger partial charge in [-0.05, 0) is 73.9 Å². The minimum Gasteiger partial charge on any atom is -0.493 e. The summed E-state index contributed by atoms with van der Waals surface area (Å²) < 4.78 is 19.3. The molecule has 0 unspecified atom stereocenters. The maximum absolute atomic E-state index is 13.4. The van der Waals surface area contributed by atoms with Gasteiger partial charge >= 0.3 is 5.97 Å². The van der Waals surface area contributed by atoms with Crippen LogP contribution in [0.15, 0.2) is 41.4 Å². The van der Waals surface area contributed by atoms with Crippen molar-refractivity contribution < 1.29 is 23.8 Å². The van der Waals surface area contributed by atoms with Gasteiger partial charge in [0.2, 0.25) is 0 Å². The van der Waals surface area contributed by atoms with E-state index in [2.05, 4.69) is 9.89 Å². The van der Waals surface area contributed by atoms with Crippen molar-refractivity contribution in [2.45, 2.75) is 45.6 Å². The number of halogens is 2. The molecule has 2 aromatic rings. The van der Waals surface area contributed by atoms with Gasteiger partial charge in [0, 0.05) is 37.3 Å². The number of carbonyl (C=O) groups excluding carboxylic acids is 1. The predicted molar refractivity (Wildman–Crippen MR) is 136 cm³/mol. The highest BCUT2D eigenvalue weighted by Gasteiger charge is 2.53. The summed E-state index contributed by atoms with van der Waals surface area (Å²) in [6.45, 7) is 4.31.